The summed E-state index contributed by atoms with van der Waals surface area (Å²) < 4.78 is 0. The smallest absolute Gasteiger partial charge is 0.282 e. The van der Waals surface area contributed by atoms with Crippen LogP contribution in [0.1, 0.15) is 27.8 Å². The van der Waals surface area contributed by atoms with Crippen molar-refractivity contribution in [2.24, 2.45) is 0 Å². The maximum atomic E-state index is 13.6. The summed E-state index contributed by atoms with van der Waals surface area (Å²) in [5.74, 6) is -0.954. The van der Waals surface area contributed by atoms with Crippen LogP contribution in [0.25, 0.3) is 5.57 Å². The average Bonchev–Trinajstić information content (AvgIpc) is 2.98. The predicted molar refractivity (Wildman–Crippen MR) is 128 cm³/mol. The number of carbonyl (C=O) groups excluding carboxylic acids is 2. The largest absolute Gasteiger partial charge is 0.350 e. The van der Waals surface area contributed by atoms with Crippen LogP contribution in [0.15, 0.2) is 66.4 Å². The van der Waals surface area contributed by atoms with Gasteiger partial charge in [-0.25, -0.2) is 4.90 Å². The minimum atomic E-state index is -0.504. The van der Waals surface area contributed by atoms with E-state index in [1.807, 2.05) is 52.0 Å². The molecular formula is C26H23N3O4. The molecule has 0 saturated heterocycles. The molecule has 1 aliphatic rings. The number of imide groups is 1. The van der Waals surface area contributed by atoms with Crippen molar-refractivity contribution in [3.63, 3.8) is 0 Å². The molecule has 0 spiro atoms. The molecule has 0 aromatic heterocycles. The first-order valence-electron chi connectivity index (χ1n) is 10.5. The number of nitrogens with zero attached hydrogens (tertiary/aromatic N) is 2. The second-order valence-corrected chi connectivity index (χ2v) is 8.29. The van der Waals surface area contributed by atoms with E-state index >= 15 is 0 Å². The lowest BCUT2D eigenvalue weighted by Gasteiger charge is -2.17. The van der Waals surface area contributed by atoms with E-state index in [4.69, 9.17) is 0 Å². The SMILES string of the molecule is Cc1cc(C)cc(N2C(=O)C(Nc3ccc(C)cc3C)=C(c3ccc([N+](=O)[O-])cc3)C2=O)c1. The van der Waals surface area contributed by atoms with E-state index in [0.717, 1.165) is 27.2 Å². The van der Waals surface area contributed by atoms with Crippen molar-refractivity contribution in [2.45, 2.75) is 27.7 Å². The molecule has 166 valence electrons. The van der Waals surface area contributed by atoms with Gasteiger partial charge in [0.05, 0.1) is 16.2 Å². The molecule has 2 amide bonds. The summed E-state index contributed by atoms with van der Waals surface area (Å²) in [5, 5.41) is 14.2. The number of nitrogens with one attached hydrogen (secondary N) is 1. The predicted octanol–water partition coefficient (Wildman–Crippen LogP) is 5.23. The van der Waals surface area contributed by atoms with Crippen LogP contribution in [-0.2, 0) is 9.59 Å². The number of hydrogen-bond donors (Lipinski definition) is 1. The van der Waals surface area contributed by atoms with Crippen molar-refractivity contribution in [2.75, 3.05) is 10.2 Å². The molecule has 1 N–H and O–H groups in total. The van der Waals surface area contributed by atoms with Crippen LogP contribution in [0.2, 0.25) is 0 Å². The van der Waals surface area contributed by atoms with Crippen LogP contribution < -0.4 is 10.2 Å². The highest BCUT2D eigenvalue weighted by Gasteiger charge is 2.40. The van der Waals surface area contributed by atoms with Crippen LogP contribution in [0.4, 0.5) is 17.1 Å². The minimum Gasteiger partial charge on any atom is -0.350 e. The Morgan fingerprint density at radius 1 is 0.788 bits per heavy atom. The maximum Gasteiger partial charge on any atom is 0.282 e. The van der Waals surface area contributed by atoms with Gasteiger partial charge in [-0.2, -0.15) is 0 Å². The number of amides is 2. The first-order chi connectivity index (χ1) is 15.7. The lowest BCUT2D eigenvalue weighted by atomic mass is 10.0. The van der Waals surface area contributed by atoms with Crippen LogP contribution in [0.5, 0.6) is 0 Å². The summed E-state index contributed by atoms with van der Waals surface area (Å²) in [4.78, 5) is 38.9. The van der Waals surface area contributed by atoms with Gasteiger partial charge in [0, 0.05) is 17.8 Å². The number of aryl methyl sites for hydroxylation is 4. The molecule has 0 atom stereocenters. The van der Waals surface area contributed by atoms with E-state index in [2.05, 4.69) is 5.32 Å². The van der Waals surface area contributed by atoms with Gasteiger partial charge in [-0.3, -0.25) is 19.7 Å². The van der Waals surface area contributed by atoms with Gasteiger partial charge in [0.1, 0.15) is 5.70 Å². The van der Waals surface area contributed by atoms with Crippen LogP contribution in [0, 0.1) is 37.8 Å². The van der Waals surface area contributed by atoms with E-state index in [-0.39, 0.29) is 17.0 Å². The van der Waals surface area contributed by atoms with E-state index in [0.29, 0.717) is 16.9 Å². The van der Waals surface area contributed by atoms with Crippen molar-refractivity contribution < 1.29 is 14.5 Å². The molecule has 0 saturated carbocycles. The fraction of sp³-hybridized carbons (Fsp3) is 0.154. The van der Waals surface area contributed by atoms with Crippen molar-refractivity contribution >= 4 is 34.4 Å². The number of anilines is 2. The Kier molecular flexibility index (Phi) is 5.55. The van der Waals surface area contributed by atoms with E-state index < -0.39 is 16.7 Å². The molecule has 4 rings (SSSR count). The van der Waals surface area contributed by atoms with Gasteiger partial charge >= 0.3 is 0 Å². The Hall–Kier alpha value is -4.26. The number of hydrogen-bond acceptors (Lipinski definition) is 5. The van der Waals surface area contributed by atoms with Gasteiger partial charge < -0.3 is 5.32 Å². The van der Waals surface area contributed by atoms with Gasteiger partial charge in [0.25, 0.3) is 17.5 Å². The molecule has 3 aromatic carbocycles. The number of rotatable bonds is 5. The summed E-state index contributed by atoms with van der Waals surface area (Å²) in [6, 6.07) is 17.0. The van der Waals surface area contributed by atoms with Crippen LogP contribution in [0.3, 0.4) is 0 Å². The normalized spacial score (nSPS) is 13.6. The Morgan fingerprint density at radius 3 is 2.00 bits per heavy atom. The highest BCUT2D eigenvalue weighted by Crippen LogP contribution is 2.35. The van der Waals surface area contributed by atoms with Crippen LogP contribution in [-0.4, -0.2) is 16.7 Å². The summed E-state index contributed by atoms with van der Waals surface area (Å²) in [7, 11) is 0. The Balaban J connectivity index is 1.85. The first-order valence-corrected chi connectivity index (χ1v) is 10.5. The highest BCUT2D eigenvalue weighted by atomic mass is 16.6. The molecule has 0 bridgehead atoms. The zero-order valence-corrected chi connectivity index (χ0v) is 18.8. The number of carbonyl (C=O) groups is 2. The van der Waals surface area contributed by atoms with Crippen molar-refractivity contribution in [1.82, 2.24) is 0 Å². The summed E-state index contributed by atoms with van der Waals surface area (Å²) >= 11 is 0. The molecule has 0 fully saturated rings. The van der Waals surface area contributed by atoms with Crippen molar-refractivity contribution in [1.29, 1.82) is 0 Å². The van der Waals surface area contributed by atoms with E-state index in [1.54, 1.807) is 12.1 Å². The molecule has 33 heavy (non-hydrogen) atoms. The second kappa shape index (κ2) is 8.35. The number of non-ortho nitro benzene ring substituents is 1. The van der Waals surface area contributed by atoms with E-state index in [9.17, 15) is 19.7 Å². The molecule has 0 unspecified atom stereocenters. The Bertz CT molecular complexity index is 1320. The summed E-state index contributed by atoms with van der Waals surface area (Å²) in [6.45, 7) is 7.71. The molecule has 0 radical (unpaired) electrons. The fourth-order valence-corrected chi connectivity index (χ4v) is 4.07. The number of nitro groups is 1. The summed E-state index contributed by atoms with van der Waals surface area (Å²) in [5.41, 5.74) is 5.71. The monoisotopic (exact) mass is 441 g/mol. The lowest BCUT2D eigenvalue weighted by Crippen LogP contribution is -2.32. The average molecular weight is 441 g/mol. The summed E-state index contributed by atoms with van der Waals surface area (Å²) in [6.07, 6.45) is 0. The van der Waals surface area contributed by atoms with Gasteiger partial charge in [-0.05, 0) is 80.3 Å². The topological polar surface area (TPSA) is 92.6 Å². The van der Waals surface area contributed by atoms with Crippen molar-refractivity contribution in [3.05, 3.63) is 104 Å². The van der Waals surface area contributed by atoms with E-state index in [1.165, 1.54) is 24.3 Å². The minimum absolute atomic E-state index is 0.0915. The third-order valence-electron chi connectivity index (χ3n) is 5.56. The first kappa shape index (κ1) is 22.0. The van der Waals surface area contributed by atoms with Gasteiger partial charge in [0.15, 0.2) is 0 Å². The highest BCUT2D eigenvalue weighted by molar-refractivity contribution is 6.46. The molecule has 7 nitrogen and oxygen atoms in total. The van der Waals surface area contributed by atoms with Gasteiger partial charge in [-0.1, -0.05) is 23.8 Å². The molecule has 7 heteroatoms. The Morgan fingerprint density at radius 2 is 1.42 bits per heavy atom. The lowest BCUT2D eigenvalue weighted by molar-refractivity contribution is -0.384. The molecule has 0 aliphatic carbocycles. The molecule has 1 heterocycles. The molecule has 3 aromatic rings. The quantitative estimate of drug-likeness (QED) is 0.333. The number of nitro benzene ring substituents is 1. The van der Waals surface area contributed by atoms with Crippen LogP contribution >= 0.6 is 0 Å². The zero-order chi connectivity index (χ0) is 23.9. The Labute approximate surface area is 191 Å². The van der Waals surface area contributed by atoms with Gasteiger partial charge in [-0.15, -0.1) is 0 Å². The third kappa shape index (κ3) is 4.13. The zero-order valence-electron chi connectivity index (χ0n) is 18.8. The van der Waals surface area contributed by atoms with Gasteiger partial charge in [0.2, 0.25) is 0 Å². The molecule has 1 aliphatic heterocycles. The second-order valence-electron chi connectivity index (χ2n) is 8.29. The standard InChI is InChI=1S/C26H23N3O4/c1-15-5-10-22(18(4)12-15)27-24-23(19-6-8-20(9-7-19)29(32)33)25(30)28(26(24)31)21-13-16(2)11-17(3)14-21/h5-14,27H,1-4H3. The van der Waals surface area contributed by atoms with Crippen molar-refractivity contribution in [3.8, 4) is 0 Å². The molecular weight excluding hydrogens is 418 g/mol. The third-order valence-corrected chi connectivity index (χ3v) is 5.56. The number of benzene rings is 3. The maximum absolute atomic E-state index is 13.6. The fourth-order valence-electron chi connectivity index (χ4n) is 4.07.